The van der Waals surface area contributed by atoms with Gasteiger partial charge in [-0.05, 0) is 77.7 Å². The number of fused-ring (bicyclic) bond motifs is 2. The molecule has 0 aliphatic heterocycles. The number of hydrogen-bond donors (Lipinski definition) is 0. The fourth-order valence-corrected chi connectivity index (χ4v) is 8.35. The minimum atomic E-state index is -0.826. The molecular weight excluding hydrogens is 935 g/mol. The predicted molar refractivity (Wildman–Crippen MR) is 300 cm³/mol. The van der Waals surface area contributed by atoms with Crippen LogP contribution in [0.1, 0.15) is 209 Å². The Morgan fingerprint density at radius 1 is 0.409 bits per heavy atom. The quantitative estimate of drug-likeness (QED) is 0.122. The molecule has 2 radical (unpaired) electrons. The second-order valence-corrected chi connectivity index (χ2v) is 30.3. The first-order valence-corrected chi connectivity index (χ1v) is 32.7. The molecule has 358 valence electrons. The summed E-state index contributed by atoms with van der Waals surface area (Å²) in [6, 6.07) is 33.6. The van der Waals surface area contributed by atoms with Crippen LogP contribution >= 0.6 is 17.0 Å². The molecule has 0 bridgehead atoms. The van der Waals surface area contributed by atoms with Crippen LogP contribution in [0.15, 0.2) is 84.9 Å². The monoisotopic (exact) mass is 1020 g/mol. The van der Waals surface area contributed by atoms with E-state index in [-0.39, 0.29) is 32.5 Å². The van der Waals surface area contributed by atoms with Crippen molar-refractivity contribution in [3.05, 3.63) is 129 Å². The van der Waals surface area contributed by atoms with Gasteiger partial charge in [-0.15, -0.1) is 69.1 Å². The van der Waals surface area contributed by atoms with E-state index in [1.54, 1.807) is 0 Å². The van der Waals surface area contributed by atoms with Gasteiger partial charge in [0.2, 0.25) is 0 Å². The van der Waals surface area contributed by atoms with Crippen LogP contribution in [0.2, 0.25) is 13.1 Å². The van der Waals surface area contributed by atoms with Crippen LogP contribution < -0.4 is 0 Å². The molecule has 0 atom stereocenters. The molecule has 0 heterocycles. The van der Waals surface area contributed by atoms with Crippen molar-refractivity contribution in [1.82, 2.24) is 0 Å². The first-order chi connectivity index (χ1) is 30.0. The summed E-state index contributed by atoms with van der Waals surface area (Å²) in [4.78, 5) is 0. The van der Waals surface area contributed by atoms with Crippen LogP contribution in [-0.4, -0.2) is 9.52 Å². The Morgan fingerprint density at radius 2 is 0.652 bits per heavy atom. The van der Waals surface area contributed by atoms with E-state index in [1.165, 1.54) is 88.3 Å². The Hall–Kier alpha value is -2.22. The van der Waals surface area contributed by atoms with Crippen molar-refractivity contribution in [2.45, 2.75) is 210 Å². The first kappa shape index (κ1) is 58.1. The molecule has 0 saturated carbocycles. The van der Waals surface area contributed by atoms with Crippen molar-refractivity contribution < 1.29 is 20.8 Å². The third-order valence-corrected chi connectivity index (χ3v) is 12.7. The van der Waals surface area contributed by atoms with Gasteiger partial charge in [-0.2, -0.15) is 12.1 Å². The van der Waals surface area contributed by atoms with Gasteiger partial charge in [0.05, 0.1) is 0 Å². The summed E-state index contributed by atoms with van der Waals surface area (Å²) < 4.78 is 0. The van der Waals surface area contributed by atoms with E-state index in [9.17, 15) is 0 Å². The van der Waals surface area contributed by atoms with Crippen molar-refractivity contribution >= 4 is 48.1 Å². The van der Waals surface area contributed by atoms with Gasteiger partial charge in [-0.25, -0.2) is 0 Å². The fourth-order valence-electron chi connectivity index (χ4n) is 8.35. The summed E-state index contributed by atoms with van der Waals surface area (Å²) in [5.74, 6) is 0.961. The third kappa shape index (κ3) is 14.9. The van der Waals surface area contributed by atoms with Crippen LogP contribution in [0.5, 0.6) is 0 Å². The molecule has 0 fully saturated rings. The molecule has 6 aromatic rings. The molecule has 0 saturated heterocycles. The van der Waals surface area contributed by atoms with Crippen LogP contribution in [-0.2, 0) is 53.3 Å². The van der Waals surface area contributed by atoms with E-state index < -0.39 is 20.8 Å². The van der Waals surface area contributed by atoms with Gasteiger partial charge in [0.15, 0.2) is 0 Å². The van der Waals surface area contributed by atoms with Gasteiger partial charge in [0, 0.05) is 9.52 Å². The Morgan fingerprint density at radius 3 is 0.848 bits per heavy atom. The maximum atomic E-state index is 4.93. The summed E-state index contributed by atoms with van der Waals surface area (Å²) in [6.07, 6.45) is 0. The van der Waals surface area contributed by atoms with Crippen molar-refractivity contribution in [1.29, 1.82) is 0 Å². The number of hydrogen-bond acceptors (Lipinski definition) is 0. The Labute approximate surface area is 427 Å². The Bertz CT molecular complexity index is 2270. The van der Waals surface area contributed by atoms with Crippen LogP contribution in [0, 0.1) is 0 Å². The van der Waals surface area contributed by atoms with Crippen LogP contribution in [0.25, 0.3) is 43.8 Å². The first-order valence-electron chi connectivity index (χ1n) is 24.4. The molecule has 0 aliphatic carbocycles. The molecular formula is C62H88Cl2SiZr. The van der Waals surface area contributed by atoms with Gasteiger partial charge < -0.3 is 0 Å². The zero-order chi connectivity index (χ0) is 50.7. The SMILES string of the molecule is CC(C)c1ccc2[cH-]c(C(C)(C)C)cc2c1-c1cc(C(C)(C)C)cc(C(C)(C)C)c1.CC(C)c1ccc2[cH-]c(C(C)(C)C)cc2c1-c1cc(C(C)(C)C)cc(C(C)(C)C)c1.C[Si]C.[Cl][Zr+2][Cl]. The van der Waals surface area contributed by atoms with Gasteiger partial charge in [-0.1, -0.05) is 224 Å². The average molecular weight is 1020 g/mol. The standard InChI is InChI=1S/2C30H41.C2H6Si.2ClH.Zr/c2*1-19(2)25-13-12-20-14-24(30(9,10)11)18-26(20)27(25)21-15-22(28(3,4)5)17-23(16-21)29(6,7)8;1-3-2;;;/h2*12-19H,1-11H3;1-2H3;2*1H;/q2*-1;;;;+4/p-2. The maximum absolute atomic E-state index is 4.93. The summed E-state index contributed by atoms with van der Waals surface area (Å²) >= 11 is -0.826. The fraction of sp³-hybridized carbons (Fsp3) is 0.516. The van der Waals surface area contributed by atoms with Crippen LogP contribution in [0.4, 0.5) is 0 Å². The summed E-state index contributed by atoms with van der Waals surface area (Å²) in [6.45, 7) is 55.3. The predicted octanol–water partition coefficient (Wildman–Crippen LogP) is 20.6. The zero-order valence-electron chi connectivity index (χ0n) is 46.0. The molecule has 6 aromatic carbocycles. The molecule has 0 nitrogen and oxygen atoms in total. The second kappa shape index (κ2) is 22.2. The van der Waals surface area contributed by atoms with Gasteiger partial charge in [0.25, 0.3) is 0 Å². The van der Waals surface area contributed by atoms with E-state index in [1.807, 2.05) is 0 Å². The second-order valence-electron chi connectivity index (χ2n) is 25.5. The van der Waals surface area contributed by atoms with E-state index in [0.717, 1.165) is 9.52 Å². The van der Waals surface area contributed by atoms with E-state index >= 15 is 0 Å². The summed E-state index contributed by atoms with van der Waals surface area (Å²) in [7, 11) is 11.0. The van der Waals surface area contributed by atoms with Gasteiger partial charge in [-0.3, -0.25) is 0 Å². The molecule has 0 amide bonds. The molecule has 6 rings (SSSR count). The van der Waals surface area contributed by atoms with Crippen molar-refractivity contribution in [3.8, 4) is 22.3 Å². The van der Waals surface area contributed by atoms with E-state index in [2.05, 4.69) is 250 Å². The summed E-state index contributed by atoms with van der Waals surface area (Å²) in [5, 5.41) is 5.52. The zero-order valence-corrected chi connectivity index (χ0v) is 51.0. The molecule has 66 heavy (non-hydrogen) atoms. The normalized spacial score (nSPS) is 12.7. The Balaban J connectivity index is 0.000000313. The molecule has 0 N–H and O–H groups in total. The van der Waals surface area contributed by atoms with Crippen molar-refractivity contribution in [2.75, 3.05) is 0 Å². The molecule has 0 unspecified atom stereocenters. The van der Waals surface area contributed by atoms with E-state index in [0.29, 0.717) is 11.8 Å². The minimum absolute atomic E-state index is 0.116. The third-order valence-electron chi connectivity index (χ3n) is 12.7. The molecule has 0 aromatic heterocycles. The molecule has 0 spiro atoms. The van der Waals surface area contributed by atoms with Gasteiger partial charge in [0.1, 0.15) is 0 Å². The van der Waals surface area contributed by atoms with Crippen LogP contribution in [0.3, 0.4) is 0 Å². The van der Waals surface area contributed by atoms with Gasteiger partial charge >= 0.3 is 37.9 Å². The Kier molecular flexibility index (Phi) is 19.6. The van der Waals surface area contributed by atoms with Crippen molar-refractivity contribution in [3.63, 3.8) is 0 Å². The average Bonchev–Trinajstić information content (AvgIpc) is 3.82. The van der Waals surface area contributed by atoms with Crippen molar-refractivity contribution in [2.24, 2.45) is 0 Å². The number of benzene rings is 4. The molecule has 4 heteroatoms. The van der Waals surface area contributed by atoms with E-state index in [4.69, 9.17) is 17.0 Å². The number of halogens is 2. The topological polar surface area (TPSA) is 0 Å². The number of rotatable bonds is 4. The summed E-state index contributed by atoms with van der Waals surface area (Å²) in [5.41, 5.74) is 17.7. The molecule has 0 aliphatic rings.